The number of nitro groups is 1. The molecule has 0 radical (unpaired) electrons. The lowest BCUT2D eigenvalue weighted by molar-refractivity contribution is -0.458. The molecule has 6 nitrogen and oxygen atoms in total. The van der Waals surface area contributed by atoms with E-state index in [2.05, 4.69) is 19.2 Å². The van der Waals surface area contributed by atoms with E-state index in [1.165, 1.54) is 24.3 Å². The van der Waals surface area contributed by atoms with Crippen molar-refractivity contribution >= 4 is 9.84 Å². The topological polar surface area (TPSA) is 89.3 Å². The van der Waals surface area contributed by atoms with Gasteiger partial charge in [-0.05, 0) is 25.2 Å². The normalized spacial score (nSPS) is 10.3. The Morgan fingerprint density at radius 3 is 2.00 bits per heavy atom. The molecular weight excluding hydrogens is 256 g/mol. The zero-order chi connectivity index (χ0) is 14.0. The summed E-state index contributed by atoms with van der Waals surface area (Å²) < 4.78 is 22.4. The van der Waals surface area contributed by atoms with Crippen LogP contribution >= 0.6 is 0 Å². The summed E-state index contributed by atoms with van der Waals surface area (Å²) in [6.45, 7) is 6.39. The van der Waals surface area contributed by atoms with Crippen molar-refractivity contribution in [3.8, 4) is 0 Å². The van der Waals surface area contributed by atoms with Crippen LogP contribution in [0.5, 0.6) is 0 Å². The Balaban J connectivity index is 0.000000494. The first kappa shape index (κ1) is 16.5. The summed E-state index contributed by atoms with van der Waals surface area (Å²) in [5.41, 5.74) is 0. The van der Waals surface area contributed by atoms with Gasteiger partial charge in [0.1, 0.15) is 0 Å². The highest BCUT2D eigenvalue weighted by molar-refractivity contribution is 7.91. The molecule has 0 fully saturated rings. The summed E-state index contributed by atoms with van der Waals surface area (Å²) in [5.74, 6) is -1.06. The number of rotatable bonds is 5. The summed E-state index contributed by atoms with van der Waals surface area (Å²) in [6, 6.07) is 7.35. The van der Waals surface area contributed by atoms with Gasteiger partial charge in [0.15, 0.2) is 0 Å². The van der Waals surface area contributed by atoms with E-state index in [-0.39, 0.29) is 4.90 Å². The van der Waals surface area contributed by atoms with Gasteiger partial charge in [0, 0.05) is 4.92 Å². The zero-order valence-electron chi connectivity index (χ0n) is 10.5. The SMILES string of the molecule is CCNCC.O=[N+]([O-])CS(=O)(=O)c1ccccc1. The molecule has 0 aliphatic rings. The molecule has 0 heterocycles. The molecule has 0 saturated heterocycles. The Kier molecular flexibility index (Phi) is 7.89. The molecule has 102 valence electrons. The van der Waals surface area contributed by atoms with Crippen molar-refractivity contribution in [2.75, 3.05) is 19.0 Å². The average molecular weight is 274 g/mol. The van der Waals surface area contributed by atoms with Crippen molar-refractivity contribution in [1.82, 2.24) is 5.32 Å². The lowest BCUT2D eigenvalue weighted by Crippen LogP contribution is -2.14. The molecule has 0 unspecified atom stereocenters. The van der Waals surface area contributed by atoms with E-state index < -0.39 is 20.6 Å². The second kappa shape index (κ2) is 8.60. The lowest BCUT2D eigenvalue weighted by Gasteiger charge is -1.97. The van der Waals surface area contributed by atoms with E-state index in [0.717, 1.165) is 13.1 Å². The maximum Gasteiger partial charge on any atom is 0.305 e. The Hall–Kier alpha value is -1.47. The Bertz CT molecular complexity index is 443. The largest absolute Gasteiger partial charge is 0.317 e. The highest BCUT2D eigenvalue weighted by Gasteiger charge is 2.20. The molecule has 1 rings (SSSR count). The van der Waals surface area contributed by atoms with Gasteiger partial charge in [-0.15, -0.1) is 0 Å². The van der Waals surface area contributed by atoms with Crippen molar-refractivity contribution in [1.29, 1.82) is 0 Å². The monoisotopic (exact) mass is 274 g/mol. The fourth-order valence-electron chi connectivity index (χ4n) is 1.09. The quantitative estimate of drug-likeness (QED) is 0.646. The third-order valence-corrected chi connectivity index (χ3v) is 3.42. The van der Waals surface area contributed by atoms with Crippen LogP contribution in [0.25, 0.3) is 0 Å². The summed E-state index contributed by atoms with van der Waals surface area (Å²) in [6.07, 6.45) is 0. The molecule has 0 bridgehead atoms. The van der Waals surface area contributed by atoms with Crippen LogP contribution in [-0.4, -0.2) is 32.3 Å². The van der Waals surface area contributed by atoms with Crippen LogP contribution < -0.4 is 5.32 Å². The smallest absolute Gasteiger partial charge is 0.305 e. The molecule has 0 spiro atoms. The maximum atomic E-state index is 11.2. The van der Waals surface area contributed by atoms with E-state index >= 15 is 0 Å². The van der Waals surface area contributed by atoms with E-state index in [0.29, 0.717) is 0 Å². The van der Waals surface area contributed by atoms with E-state index in [1.807, 2.05) is 0 Å². The van der Waals surface area contributed by atoms with Gasteiger partial charge in [-0.3, -0.25) is 10.1 Å². The van der Waals surface area contributed by atoms with Crippen LogP contribution in [0, 0.1) is 10.1 Å². The number of nitrogens with zero attached hydrogens (tertiary/aromatic N) is 1. The first-order chi connectivity index (χ1) is 8.44. The van der Waals surface area contributed by atoms with Crippen molar-refractivity contribution in [3.63, 3.8) is 0 Å². The van der Waals surface area contributed by atoms with Crippen LogP contribution in [0.1, 0.15) is 13.8 Å². The van der Waals surface area contributed by atoms with Gasteiger partial charge in [-0.2, -0.15) is 0 Å². The minimum Gasteiger partial charge on any atom is -0.317 e. The predicted molar refractivity (Wildman–Crippen MR) is 69.7 cm³/mol. The van der Waals surface area contributed by atoms with Crippen molar-refractivity contribution in [3.05, 3.63) is 40.4 Å². The fraction of sp³-hybridized carbons (Fsp3) is 0.455. The van der Waals surface area contributed by atoms with Crippen LogP contribution in [-0.2, 0) is 9.84 Å². The van der Waals surface area contributed by atoms with Gasteiger partial charge in [0.25, 0.3) is 0 Å². The van der Waals surface area contributed by atoms with Crippen molar-refractivity contribution in [2.45, 2.75) is 18.7 Å². The number of benzene rings is 1. The number of sulfone groups is 1. The summed E-state index contributed by atoms with van der Waals surface area (Å²) in [5, 5.41) is 13.1. The van der Waals surface area contributed by atoms with Crippen molar-refractivity contribution < 1.29 is 13.3 Å². The van der Waals surface area contributed by atoms with E-state index in [4.69, 9.17) is 0 Å². The van der Waals surface area contributed by atoms with E-state index in [9.17, 15) is 18.5 Å². The molecule has 1 aromatic rings. The molecule has 0 aliphatic heterocycles. The predicted octanol–water partition coefficient (Wildman–Crippen LogP) is 1.31. The third kappa shape index (κ3) is 6.97. The second-order valence-electron chi connectivity index (χ2n) is 3.35. The zero-order valence-corrected chi connectivity index (χ0v) is 11.3. The van der Waals surface area contributed by atoms with Gasteiger partial charge in [-0.25, -0.2) is 8.42 Å². The van der Waals surface area contributed by atoms with Gasteiger partial charge < -0.3 is 5.32 Å². The minimum absolute atomic E-state index is 0.0216. The fourth-order valence-corrected chi connectivity index (χ4v) is 2.09. The number of hydrogen-bond donors (Lipinski definition) is 1. The standard InChI is InChI=1S/C7H7NO4S.C4H11N/c9-8(10)6-13(11,12)7-4-2-1-3-5-7;1-3-5-4-2/h1-5H,6H2;5H,3-4H2,1-2H3. The molecule has 0 saturated carbocycles. The Morgan fingerprint density at radius 2 is 1.67 bits per heavy atom. The Labute approximate surface area is 107 Å². The number of hydrogen-bond acceptors (Lipinski definition) is 5. The van der Waals surface area contributed by atoms with E-state index in [1.54, 1.807) is 6.07 Å². The molecule has 1 N–H and O–H groups in total. The highest BCUT2D eigenvalue weighted by atomic mass is 32.2. The van der Waals surface area contributed by atoms with Crippen LogP contribution in [0.4, 0.5) is 0 Å². The van der Waals surface area contributed by atoms with Gasteiger partial charge >= 0.3 is 5.88 Å². The first-order valence-electron chi connectivity index (χ1n) is 5.54. The van der Waals surface area contributed by atoms with Gasteiger partial charge in [0.05, 0.1) is 4.90 Å². The molecule has 18 heavy (non-hydrogen) atoms. The van der Waals surface area contributed by atoms with Crippen LogP contribution in [0.15, 0.2) is 35.2 Å². The molecule has 0 aromatic heterocycles. The molecular formula is C11H18N2O4S. The second-order valence-corrected chi connectivity index (χ2v) is 5.31. The maximum absolute atomic E-state index is 11.2. The van der Waals surface area contributed by atoms with Crippen LogP contribution in [0.2, 0.25) is 0 Å². The highest BCUT2D eigenvalue weighted by Crippen LogP contribution is 2.09. The lowest BCUT2D eigenvalue weighted by atomic mass is 10.4. The molecule has 1 aromatic carbocycles. The molecule has 0 atom stereocenters. The van der Waals surface area contributed by atoms with Crippen LogP contribution in [0.3, 0.4) is 0 Å². The summed E-state index contributed by atoms with van der Waals surface area (Å²) in [7, 11) is -3.76. The number of nitrogens with one attached hydrogen (secondary N) is 1. The average Bonchev–Trinajstić information content (AvgIpc) is 2.30. The van der Waals surface area contributed by atoms with Gasteiger partial charge in [-0.1, -0.05) is 32.0 Å². The Morgan fingerprint density at radius 1 is 1.17 bits per heavy atom. The minimum atomic E-state index is -3.76. The van der Waals surface area contributed by atoms with Gasteiger partial charge in [0.2, 0.25) is 9.84 Å². The summed E-state index contributed by atoms with van der Waals surface area (Å²) >= 11 is 0. The molecule has 0 aliphatic carbocycles. The molecule has 0 amide bonds. The first-order valence-corrected chi connectivity index (χ1v) is 7.19. The molecule has 7 heteroatoms. The summed E-state index contributed by atoms with van der Waals surface area (Å²) in [4.78, 5) is 9.13. The van der Waals surface area contributed by atoms with Crippen molar-refractivity contribution in [2.24, 2.45) is 0 Å². The third-order valence-electron chi connectivity index (χ3n) is 1.88.